The second kappa shape index (κ2) is 13.1. The molecule has 2 N–H and O–H groups in total. The summed E-state index contributed by atoms with van der Waals surface area (Å²) < 4.78 is 0.894. The zero-order valence-corrected chi connectivity index (χ0v) is 21.4. The lowest BCUT2D eigenvalue weighted by molar-refractivity contribution is -0.486. The average Bonchev–Trinajstić information content (AvgIpc) is 3.35. The summed E-state index contributed by atoms with van der Waals surface area (Å²) in [5, 5.41) is 31.1. The van der Waals surface area contributed by atoms with E-state index in [9.17, 15) is 20.2 Å². The largest absolute Gasteiger partial charge is 0.354 e. The molecule has 3 heterocycles. The molecule has 2 aromatic heterocycles. The van der Waals surface area contributed by atoms with Crippen molar-refractivity contribution in [1.82, 2.24) is 35.3 Å². The van der Waals surface area contributed by atoms with E-state index in [2.05, 4.69) is 30.8 Å². The first-order valence-corrected chi connectivity index (χ1v) is 11.7. The van der Waals surface area contributed by atoms with E-state index in [1.54, 1.807) is 24.3 Å². The molecule has 0 radical (unpaired) electrons. The van der Waals surface area contributed by atoms with Gasteiger partial charge >= 0.3 is 0 Å². The Labute approximate surface area is 212 Å². The maximum absolute atomic E-state index is 10.6. The van der Waals surface area contributed by atoms with Gasteiger partial charge in [-0.1, -0.05) is 23.2 Å². The maximum Gasteiger partial charge on any atom is 0.276 e. The number of rotatable bonds is 6. The van der Waals surface area contributed by atoms with Crippen LogP contribution in [-0.2, 0) is 13.1 Å². The Kier molecular flexibility index (Phi) is 10.6. The topological polar surface area (TPSA) is 171 Å². The number of aromatic nitrogens is 2. The van der Waals surface area contributed by atoms with E-state index in [1.165, 1.54) is 29.7 Å². The minimum absolute atomic E-state index is 0.0875. The lowest BCUT2D eigenvalue weighted by Gasteiger charge is -2.39. The second-order valence-corrected chi connectivity index (χ2v) is 10.0. The first-order valence-electron chi connectivity index (χ1n) is 9.30. The zero-order valence-electron chi connectivity index (χ0n) is 18.2. The van der Waals surface area contributed by atoms with Crippen LogP contribution in [0.2, 0.25) is 8.93 Å². The second-order valence-electron chi connectivity index (χ2n) is 6.62. The van der Waals surface area contributed by atoms with Crippen LogP contribution in [0.1, 0.15) is 9.75 Å². The van der Waals surface area contributed by atoms with Crippen LogP contribution in [0.3, 0.4) is 0 Å². The third-order valence-corrected chi connectivity index (χ3v) is 6.12. The van der Waals surface area contributed by atoms with Gasteiger partial charge in [0.05, 0.1) is 26.4 Å². The van der Waals surface area contributed by atoms with Crippen molar-refractivity contribution in [3.05, 3.63) is 51.3 Å². The number of halogens is 2. The standard InChI is InChI=1S/C9H13ClN6O2S.C6H8ClN5O2S/c1-13-5-14(2)9(12-16(17)18)15(6-13)4-7-3-11-8(10)19-7;1-8-6(11-12(13)14)10-3-4-2-9-5(7)15-4/h3H,4-6H2,1-2H3;2H,3H2,1H3,(H2,8,10,11)/b12-9+;. The first kappa shape index (κ1) is 27.4. The Balaban J connectivity index is 0.000000248. The van der Waals surface area contributed by atoms with Crippen LogP contribution in [0.5, 0.6) is 0 Å². The lowest BCUT2D eigenvalue weighted by Crippen LogP contribution is -2.55. The minimum atomic E-state index is -0.779. The van der Waals surface area contributed by atoms with Gasteiger partial charge in [-0.25, -0.2) is 30.2 Å². The number of thiazole rings is 2. The molecule has 0 unspecified atom stereocenters. The Morgan fingerprint density at radius 2 is 1.74 bits per heavy atom. The molecule has 0 atom stereocenters. The highest BCUT2D eigenvalue weighted by Gasteiger charge is 2.27. The predicted molar refractivity (Wildman–Crippen MR) is 130 cm³/mol. The Morgan fingerprint density at radius 1 is 1.12 bits per heavy atom. The molecule has 0 spiro atoms. The van der Waals surface area contributed by atoms with Gasteiger partial charge in [-0.3, -0.25) is 4.90 Å². The summed E-state index contributed by atoms with van der Waals surface area (Å²) >= 11 is 14.1. The average molecular weight is 554 g/mol. The Hall–Kier alpha value is -2.86. The van der Waals surface area contributed by atoms with E-state index < -0.39 is 10.1 Å². The van der Waals surface area contributed by atoms with E-state index in [0.29, 0.717) is 41.3 Å². The molecular formula is C15H21Cl2N11O4S2. The van der Waals surface area contributed by atoms with Crippen molar-refractivity contribution in [3.63, 3.8) is 0 Å². The van der Waals surface area contributed by atoms with E-state index in [0.717, 1.165) is 9.75 Å². The number of hydrazone groups is 2. The van der Waals surface area contributed by atoms with Gasteiger partial charge in [-0.05, 0) is 7.05 Å². The molecule has 15 nitrogen and oxygen atoms in total. The van der Waals surface area contributed by atoms with E-state index in [-0.39, 0.29) is 5.96 Å². The summed E-state index contributed by atoms with van der Waals surface area (Å²) in [7, 11) is 5.24. The molecule has 1 aliphatic heterocycles. The van der Waals surface area contributed by atoms with Gasteiger partial charge in [-0.2, -0.15) is 0 Å². The molecule has 0 bridgehead atoms. The molecule has 0 amide bonds. The molecular weight excluding hydrogens is 533 g/mol. The number of guanidine groups is 2. The van der Waals surface area contributed by atoms with Gasteiger partial charge in [0.2, 0.25) is 0 Å². The number of nitrogens with one attached hydrogen (secondary N) is 2. The highest BCUT2D eigenvalue weighted by Crippen LogP contribution is 2.21. The molecule has 1 saturated heterocycles. The smallest absolute Gasteiger partial charge is 0.276 e. The highest BCUT2D eigenvalue weighted by molar-refractivity contribution is 7.16. The molecule has 1 fully saturated rings. The van der Waals surface area contributed by atoms with Crippen molar-refractivity contribution in [1.29, 1.82) is 0 Å². The Bertz CT molecular complexity index is 1050. The number of hydrogen-bond donors (Lipinski definition) is 2. The van der Waals surface area contributed by atoms with Crippen molar-refractivity contribution in [3.8, 4) is 0 Å². The summed E-state index contributed by atoms with van der Waals surface area (Å²) in [6.07, 6.45) is 3.27. The monoisotopic (exact) mass is 553 g/mol. The van der Waals surface area contributed by atoms with E-state index in [1.807, 2.05) is 16.8 Å². The SMILES string of the molecule is CN/C(=N\[N+](=O)[O-])NCc1cnc(Cl)s1.CN1CN(C)/C(=N\[N+](=O)[O-])N(Cc2cnc(Cl)s2)C1. The van der Waals surface area contributed by atoms with Gasteiger partial charge in [0, 0.05) is 36.2 Å². The van der Waals surface area contributed by atoms with Gasteiger partial charge in [0.1, 0.15) is 10.2 Å². The molecule has 2 aromatic rings. The third-order valence-electron chi connectivity index (χ3n) is 3.91. The summed E-state index contributed by atoms with van der Waals surface area (Å²) in [6, 6.07) is 0. The summed E-state index contributed by atoms with van der Waals surface area (Å²) in [4.78, 5) is 35.9. The molecule has 34 heavy (non-hydrogen) atoms. The van der Waals surface area contributed by atoms with Crippen LogP contribution in [0.15, 0.2) is 22.6 Å². The summed E-state index contributed by atoms with van der Waals surface area (Å²) in [5.74, 6) is 0.428. The fourth-order valence-electron chi connectivity index (χ4n) is 2.74. The number of nitrogens with zero attached hydrogens (tertiary/aromatic N) is 9. The van der Waals surface area contributed by atoms with Crippen molar-refractivity contribution in [2.24, 2.45) is 10.2 Å². The summed E-state index contributed by atoms with van der Waals surface area (Å²) in [6.45, 7) is 2.03. The van der Waals surface area contributed by atoms with Crippen LogP contribution in [-0.4, -0.2) is 81.1 Å². The first-order chi connectivity index (χ1) is 16.1. The molecule has 0 aliphatic carbocycles. The van der Waals surface area contributed by atoms with Gasteiger partial charge in [0.25, 0.3) is 11.9 Å². The van der Waals surface area contributed by atoms with E-state index in [4.69, 9.17) is 23.2 Å². The van der Waals surface area contributed by atoms with Gasteiger partial charge in [0.15, 0.2) is 19.0 Å². The fraction of sp³-hybridized carbons (Fsp3) is 0.467. The van der Waals surface area contributed by atoms with Crippen LogP contribution in [0.25, 0.3) is 0 Å². The van der Waals surface area contributed by atoms with Gasteiger partial charge < -0.3 is 20.4 Å². The predicted octanol–water partition coefficient (Wildman–Crippen LogP) is 1.59. The molecule has 19 heteroatoms. The fourth-order valence-corrected chi connectivity index (χ4v) is 4.65. The van der Waals surface area contributed by atoms with Crippen LogP contribution >= 0.6 is 45.9 Å². The van der Waals surface area contributed by atoms with Crippen molar-refractivity contribution >= 4 is 57.8 Å². The van der Waals surface area contributed by atoms with Crippen molar-refractivity contribution in [2.75, 3.05) is 34.5 Å². The van der Waals surface area contributed by atoms with Crippen molar-refractivity contribution < 1.29 is 10.1 Å². The molecule has 0 saturated carbocycles. The normalized spacial score (nSPS) is 15.7. The molecule has 186 valence electrons. The third kappa shape index (κ3) is 9.18. The highest BCUT2D eigenvalue weighted by atomic mass is 35.5. The molecule has 3 rings (SSSR count). The quantitative estimate of drug-likeness (QED) is 0.230. The Morgan fingerprint density at radius 3 is 2.24 bits per heavy atom. The number of hydrogen-bond acceptors (Lipinski definition) is 9. The van der Waals surface area contributed by atoms with Crippen molar-refractivity contribution in [2.45, 2.75) is 13.1 Å². The van der Waals surface area contributed by atoms with E-state index >= 15 is 0 Å². The van der Waals surface area contributed by atoms with Crippen LogP contribution in [0, 0.1) is 20.2 Å². The minimum Gasteiger partial charge on any atom is -0.354 e. The van der Waals surface area contributed by atoms with Crippen LogP contribution < -0.4 is 10.6 Å². The summed E-state index contributed by atoms with van der Waals surface area (Å²) in [5.41, 5.74) is 0. The zero-order chi connectivity index (χ0) is 25.3. The number of nitro groups is 2. The van der Waals surface area contributed by atoms with Gasteiger partial charge in [-0.15, -0.1) is 22.7 Å². The van der Waals surface area contributed by atoms with Crippen LogP contribution in [0.4, 0.5) is 0 Å². The maximum atomic E-state index is 10.6. The molecule has 1 aliphatic rings. The lowest BCUT2D eigenvalue weighted by atomic mass is 10.4. The molecule has 0 aromatic carbocycles.